The van der Waals surface area contributed by atoms with E-state index in [4.69, 9.17) is 4.74 Å². The van der Waals surface area contributed by atoms with Crippen LogP contribution in [-0.4, -0.2) is 47.3 Å². The van der Waals surface area contributed by atoms with Crippen molar-refractivity contribution in [3.63, 3.8) is 0 Å². The molecule has 0 aliphatic carbocycles. The van der Waals surface area contributed by atoms with E-state index in [1.54, 1.807) is 13.3 Å². The highest BCUT2D eigenvalue weighted by atomic mass is 16.5. The molecule has 6 nitrogen and oxygen atoms in total. The third-order valence-corrected chi connectivity index (χ3v) is 5.87. The van der Waals surface area contributed by atoms with Gasteiger partial charge in [-0.1, -0.05) is 72.8 Å². The van der Waals surface area contributed by atoms with Crippen LogP contribution < -0.4 is 5.32 Å². The molecule has 1 aromatic heterocycles. The number of carbonyl (C=O) groups is 1. The quantitative estimate of drug-likeness (QED) is 0.569. The lowest BCUT2D eigenvalue weighted by molar-refractivity contribution is -0.126. The molecule has 0 saturated carbocycles. The van der Waals surface area contributed by atoms with Crippen LogP contribution in [0.15, 0.2) is 79.0 Å². The van der Waals surface area contributed by atoms with Crippen LogP contribution in [0.4, 0.5) is 5.82 Å². The van der Waals surface area contributed by atoms with Gasteiger partial charge in [-0.3, -0.25) is 9.69 Å². The number of hydrogen-bond acceptors (Lipinski definition) is 4. The van der Waals surface area contributed by atoms with E-state index in [1.165, 1.54) is 5.56 Å². The Kier molecular flexibility index (Phi) is 7.48. The maximum absolute atomic E-state index is 12.9. The van der Waals surface area contributed by atoms with Crippen LogP contribution in [0.3, 0.4) is 0 Å². The number of ether oxygens (including phenoxy) is 1. The molecule has 1 aliphatic rings. The number of nitrogens with zero attached hydrogens (tertiary/aromatic N) is 3. The number of amides is 1. The molecule has 1 amide bonds. The highest BCUT2D eigenvalue weighted by molar-refractivity contribution is 5.94. The smallest absolute Gasteiger partial charge is 0.259 e. The van der Waals surface area contributed by atoms with Crippen LogP contribution in [0.1, 0.15) is 36.1 Å². The zero-order valence-corrected chi connectivity index (χ0v) is 18.4. The fraction of sp³-hybridized carbons (Fsp3) is 0.308. The van der Waals surface area contributed by atoms with Gasteiger partial charge in [0.05, 0.1) is 12.2 Å². The zero-order chi connectivity index (χ0) is 22.2. The van der Waals surface area contributed by atoms with Crippen molar-refractivity contribution in [2.75, 3.05) is 32.1 Å². The van der Waals surface area contributed by atoms with Gasteiger partial charge in [0.15, 0.2) is 6.10 Å². The minimum absolute atomic E-state index is 0.191. The lowest BCUT2D eigenvalue weighted by Crippen LogP contribution is -2.35. The molecule has 1 fully saturated rings. The molecule has 1 N–H and O–H groups in total. The van der Waals surface area contributed by atoms with Crippen LogP contribution in [0.2, 0.25) is 0 Å². The maximum Gasteiger partial charge on any atom is 0.259 e. The van der Waals surface area contributed by atoms with Crippen molar-refractivity contribution in [2.45, 2.75) is 25.0 Å². The summed E-state index contributed by atoms with van der Waals surface area (Å²) in [7, 11) is 1.55. The Hall–Kier alpha value is -3.22. The van der Waals surface area contributed by atoms with E-state index >= 15 is 0 Å². The molecule has 1 atom stereocenters. The van der Waals surface area contributed by atoms with E-state index < -0.39 is 6.10 Å². The van der Waals surface area contributed by atoms with E-state index in [-0.39, 0.29) is 11.9 Å². The molecule has 6 heteroatoms. The highest BCUT2D eigenvalue weighted by Gasteiger charge is 2.25. The fourth-order valence-corrected chi connectivity index (χ4v) is 4.17. The molecule has 2 heterocycles. The summed E-state index contributed by atoms with van der Waals surface area (Å²) in [5.41, 5.74) is 2.06. The molecular formula is C26H30N4O2. The lowest BCUT2D eigenvalue weighted by atomic mass is 10.1. The van der Waals surface area contributed by atoms with Gasteiger partial charge in [0.25, 0.3) is 5.91 Å². The first-order valence-corrected chi connectivity index (χ1v) is 11.1. The predicted molar refractivity (Wildman–Crippen MR) is 127 cm³/mol. The first kappa shape index (κ1) is 22.0. The van der Waals surface area contributed by atoms with Crippen LogP contribution in [-0.2, 0) is 9.53 Å². The van der Waals surface area contributed by atoms with Gasteiger partial charge in [-0.05, 0) is 24.0 Å². The number of carbonyl (C=O) groups excluding carboxylic acids is 1. The monoisotopic (exact) mass is 430 g/mol. The number of rotatable bonds is 8. The van der Waals surface area contributed by atoms with Crippen LogP contribution in [0, 0.1) is 0 Å². The second-order valence-corrected chi connectivity index (χ2v) is 8.02. The van der Waals surface area contributed by atoms with Crippen molar-refractivity contribution in [3.05, 3.63) is 90.1 Å². The van der Waals surface area contributed by atoms with Crippen molar-refractivity contribution in [1.29, 1.82) is 0 Å². The average Bonchev–Trinajstić information content (AvgIpc) is 3.29. The summed E-state index contributed by atoms with van der Waals surface area (Å²) in [6, 6.07) is 22.0. The van der Waals surface area contributed by atoms with Crippen molar-refractivity contribution in [1.82, 2.24) is 14.7 Å². The number of nitrogens with one attached hydrogen (secondary N) is 1. The van der Waals surface area contributed by atoms with Crippen LogP contribution >= 0.6 is 0 Å². The van der Waals surface area contributed by atoms with Gasteiger partial charge in [-0.2, -0.15) is 5.10 Å². The van der Waals surface area contributed by atoms with Gasteiger partial charge in [0.1, 0.15) is 5.82 Å². The third-order valence-electron chi connectivity index (χ3n) is 5.87. The maximum atomic E-state index is 12.9. The number of hydrogen-bond donors (Lipinski definition) is 1. The minimum atomic E-state index is -0.655. The zero-order valence-electron chi connectivity index (χ0n) is 18.4. The van der Waals surface area contributed by atoms with Crippen molar-refractivity contribution >= 4 is 17.8 Å². The van der Waals surface area contributed by atoms with Gasteiger partial charge in [0, 0.05) is 32.8 Å². The SMILES string of the molecule is COC(C(=O)Nc1ccnn1C1CCN(C/C=C/c2ccccc2)CC1)c1ccccc1. The fourth-order valence-electron chi connectivity index (χ4n) is 4.17. The summed E-state index contributed by atoms with van der Waals surface area (Å²) >= 11 is 0. The number of piperidine rings is 1. The summed E-state index contributed by atoms with van der Waals surface area (Å²) in [4.78, 5) is 15.3. The number of anilines is 1. The molecule has 2 aromatic carbocycles. The van der Waals surface area contributed by atoms with Gasteiger partial charge in [-0.15, -0.1) is 0 Å². The number of likely N-dealkylation sites (tertiary alicyclic amines) is 1. The van der Waals surface area contributed by atoms with Crippen LogP contribution in [0.25, 0.3) is 6.08 Å². The first-order valence-electron chi connectivity index (χ1n) is 11.1. The van der Waals surface area contributed by atoms with Gasteiger partial charge in [-0.25, -0.2) is 4.68 Å². The molecular weight excluding hydrogens is 400 g/mol. The van der Waals surface area contributed by atoms with E-state index in [0.717, 1.165) is 43.9 Å². The molecule has 3 aromatic rings. The predicted octanol–water partition coefficient (Wildman–Crippen LogP) is 4.56. The Morgan fingerprint density at radius 1 is 1.09 bits per heavy atom. The number of benzene rings is 2. The summed E-state index contributed by atoms with van der Waals surface area (Å²) in [6.45, 7) is 2.94. The second-order valence-electron chi connectivity index (χ2n) is 8.02. The molecule has 1 unspecified atom stereocenters. The molecule has 1 saturated heterocycles. The summed E-state index contributed by atoms with van der Waals surface area (Å²) in [5.74, 6) is 0.527. The Bertz CT molecular complexity index is 1010. The standard InChI is InChI=1S/C26H30N4O2/c1-32-25(22-12-6-3-7-13-22)26(31)28-24-14-17-27-30(24)23-15-19-29(20-16-23)18-8-11-21-9-4-2-5-10-21/h2-14,17,23,25H,15-16,18-20H2,1H3,(H,28,31)/b11-8+. The van der Waals surface area contributed by atoms with Crippen molar-refractivity contribution in [3.8, 4) is 0 Å². The van der Waals surface area contributed by atoms with Gasteiger partial charge < -0.3 is 10.1 Å². The van der Waals surface area contributed by atoms with Crippen molar-refractivity contribution < 1.29 is 9.53 Å². The Labute approximate surface area is 189 Å². The molecule has 0 radical (unpaired) electrons. The molecule has 166 valence electrons. The van der Waals surface area contributed by atoms with Gasteiger partial charge >= 0.3 is 0 Å². The summed E-state index contributed by atoms with van der Waals surface area (Å²) in [6.07, 6.45) is 7.48. The van der Waals surface area contributed by atoms with E-state index in [9.17, 15) is 4.79 Å². The normalized spacial score (nSPS) is 16.3. The number of methoxy groups -OCH3 is 1. The summed E-state index contributed by atoms with van der Waals surface area (Å²) < 4.78 is 7.41. The largest absolute Gasteiger partial charge is 0.367 e. The Morgan fingerprint density at radius 3 is 2.47 bits per heavy atom. The van der Waals surface area contributed by atoms with E-state index in [0.29, 0.717) is 0 Å². The van der Waals surface area contributed by atoms with Gasteiger partial charge in [0.2, 0.25) is 0 Å². The molecule has 0 bridgehead atoms. The first-order chi connectivity index (χ1) is 15.7. The molecule has 4 rings (SSSR count). The number of aromatic nitrogens is 2. The molecule has 0 spiro atoms. The highest BCUT2D eigenvalue weighted by Crippen LogP contribution is 2.26. The second kappa shape index (κ2) is 10.9. The third kappa shape index (κ3) is 5.52. The average molecular weight is 431 g/mol. The van der Waals surface area contributed by atoms with E-state index in [2.05, 4.69) is 51.7 Å². The Balaban J connectivity index is 1.32. The van der Waals surface area contributed by atoms with Crippen molar-refractivity contribution in [2.24, 2.45) is 0 Å². The Morgan fingerprint density at radius 2 is 1.78 bits per heavy atom. The van der Waals surface area contributed by atoms with Crippen LogP contribution in [0.5, 0.6) is 0 Å². The topological polar surface area (TPSA) is 59.4 Å². The minimum Gasteiger partial charge on any atom is -0.367 e. The summed E-state index contributed by atoms with van der Waals surface area (Å²) in [5, 5.41) is 7.52. The van der Waals surface area contributed by atoms with E-state index in [1.807, 2.05) is 47.1 Å². The molecule has 1 aliphatic heterocycles. The lowest BCUT2D eigenvalue weighted by Gasteiger charge is -2.32. The molecule has 32 heavy (non-hydrogen) atoms.